The Kier molecular flexibility index (Phi) is 7.95. The molecule has 2 N–H and O–H groups in total. The van der Waals surface area contributed by atoms with Gasteiger partial charge in [0.05, 0.1) is 12.2 Å². The highest BCUT2D eigenvalue weighted by molar-refractivity contribution is 7.80. The van der Waals surface area contributed by atoms with Crippen LogP contribution < -0.4 is 15.4 Å². The molecule has 2 aromatic carbocycles. The van der Waals surface area contributed by atoms with Crippen molar-refractivity contribution in [1.29, 1.82) is 0 Å². The van der Waals surface area contributed by atoms with Gasteiger partial charge >= 0.3 is 0 Å². The van der Waals surface area contributed by atoms with E-state index < -0.39 is 0 Å². The van der Waals surface area contributed by atoms with Gasteiger partial charge in [-0.2, -0.15) is 0 Å². The molecule has 28 heavy (non-hydrogen) atoms. The monoisotopic (exact) mass is 399 g/mol. The lowest BCUT2D eigenvalue weighted by Gasteiger charge is -2.19. The lowest BCUT2D eigenvalue weighted by Crippen LogP contribution is -2.34. The van der Waals surface area contributed by atoms with Gasteiger partial charge in [0.1, 0.15) is 5.75 Å². The maximum atomic E-state index is 12.5. The summed E-state index contributed by atoms with van der Waals surface area (Å²) in [6, 6.07) is 14.0. The lowest BCUT2D eigenvalue weighted by molar-refractivity contribution is 0.0772. The van der Waals surface area contributed by atoms with E-state index in [-0.39, 0.29) is 16.9 Å². The van der Waals surface area contributed by atoms with Crippen molar-refractivity contribution in [2.75, 3.05) is 25.0 Å². The van der Waals surface area contributed by atoms with E-state index in [0.717, 1.165) is 0 Å². The van der Waals surface area contributed by atoms with Crippen LogP contribution in [0.25, 0.3) is 0 Å². The second-order valence-electron chi connectivity index (χ2n) is 5.90. The largest absolute Gasteiger partial charge is 0.493 e. The van der Waals surface area contributed by atoms with Crippen molar-refractivity contribution < 1.29 is 14.3 Å². The molecule has 0 saturated carbocycles. The first kappa shape index (κ1) is 21.4. The van der Waals surface area contributed by atoms with Crippen molar-refractivity contribution in [2.45, 2.75) is 20.8 Å². The van der Waals surface area contributed by atoms with Crippen LogP contribution in [0.4, 0.5) is 5.69 Å². The molecule has 6 nitrogen and oxygen atoms in total. The van der Waals surface area contributed by atoms with Gasteiger partial charge < -0.3 is 15.0 Å². The molecule has 2 aromatic rings. The SMILES string of the molecule is CCOc1ccccc1C(=O)NC(=S)Nc1cccc(C(=O)N(CC)CC)c1. The van der Waals surface area contributed by atoms with Crippen molar-refractivity contribution in [1.82, 2.24) is 10.2 Å². The molecular weight excluding hydrogens is 374 g/mol. The average Bonchev–Trinajstić information content (AvgIpc) is 2.69. The second kappa shape index (κ2) is 10.4. The summed E-state index contributed by atoms with van der Waals surface area (Å²) >= 11 is 5.25. The van der Waals surface area contributed by atoms with Crippen molar-refractivity contribution >= 4 is 34.8 Å². The number of hydrogen-bond acceptors (Lipinski definition) is 4. The Hall–Kier alpha value is -2.93. The lowest BCUT2D eigenvalue weighted by atomic mass is 10.1. The number of carbonyl (C=O) groups excluding carboxylic acids is 2. The van der Waals surface area contributed by atoms with Gasteiger partial charge in [0, 0.05) is 24.3 Å². The second-order valence-corrected chi connectivity index (χ2v) is 6.30. The first-order chi connectivity index (χ1) is 13.5. The minimum absolute atomic E-state index is 0.0470. The molecule has 0 bridgehead atoms. The van der Waals surface area contributed by atoms with E-state index in [9.17, 15) is 9.59 Å². The zero-order valence-corrected chi connectivity index (χ0v) is 17.1. The zero-order valence-electron chi connectivity index (χ0n) is 16.3. The third kappa shape index (κ3) is 5.53. The quantitative estimate of drug-likeness (QED) is 0.695. The first-order valence-corrected chi connectivity index (χ1v) is 9.64. The normalized spacial score (nSPS) is 10.1. The number of thiocarbonyl (C=S) groups is 1. The predicted octanol–water partition coefficient (Wildman–Crippen LogP) is 3.69. The van der Waals surface area contributed by atoms with Gasteiger partial charge in [-0.3, -0.25) is 14.9 Å². The number of ether oxygens (including phenoxy) is 1. The van der Waals surface area contributed by atoms with Crippen molar-refractivity contribution in [3.8, 4) is 5.75 Å². The molecule has 0 saturated heterocycles. The molecule has 0 unspecified atom stereocenters. The van der Waals surface area contributed by atoms with E-state index in [1.165, 1.54) is 0 Å². The van der Waals surface area contributed by atoms with Crippen molar-refractivity contribution in [2.24, 2.45) is 0 Å². The summed E-state index contributed by atoms with van der Waals surface area (Å²) in [5.41, 5.74) is 1.59. The van der Waals surface area contributed by atoms with Gasteiger partial charge in [-0.15, -0.1) is 0 Å². The summed E-state index contributed by atoms with van der Waals surface area (Å²) in [5, 5.41) is 5.74. The molecule has 2 rings (SSSR count). The maximum absolute atomic E-state index is 12.5. The van der Waals surface area contributed by atoms with Crippen LogP contribution in [0.1, 0.15) is 41.5 Å². The van der Waals surface area contributed by atoms with Crippen molar-refractivity contribution in [3.63, 3.8) is 0 Å². The molecule has 7 heteroatoms. The third-order valence-corrected chi connectivity index (χ3v) is 4.28. The fourth-order valence-electron chi connectivity index (χ4n) is 2.69. The topological polar surface area (TPSA) is 70.7 Å². The van der Waals surface area contributed by atoms with Crippen LogP contribution in [0.15, 0.2) is 48.5 Å². The molecule has 0 atom stereocenters. The Balaban J connectivity index is 2.06. The van der Waals surface area contributed by atoms with Crippen LogP contribution >= 0.6 is 12.2 Å². The number of carbonyl (C=O) groups is 2. The van der Waals surface area contributed by atoms with Crippen molar-refractivity contribution in [3.05, 3.63) is 59.7 Å². The van der Waals surface area contributed by atoms with E-state index in [4.69, 9.17) is 17.0 Å². The summed E-state index contributed by atoms with van der Waals surface area (Å²) in [4.78, 5) is 26.7. The van der Waals surface area contributed by atoms with E-state index in [2.05, 4.69) is 10.6 Å². The Morgan fingerprint density at radius 1 is 1.04 bits per heavy atom. The number of hydrogen-bond donors (Lipinski definition) is 2. The number of benzene rings is 2. The number of para-hydroxylation sites is 1. The summed E-state index contributed by atoms with van der Waals surface area (Å²) in [6.45, 7) is 7.47. The van der Waals surface area contributed by atoms with Crippen LogP contribution in [-0.4, -0.2) is 41.5 Å². The Morgan fingerprint density at radius 2 is 1.75 bits per heavy atom. The summed E-state index contributed by atoms with van der Waals surface area (Å²) in [6.07, 6.45) is 0. The highest BCUT2D eigenvalue weighted by atomic mass is 32.1. The van der Waals surface area contributed by atoms with Crippen LogP contribution in [0.3, 0.4) is 0 Å². The van der Waals surface area contributed by atoms with E-state index >= 15 is 0 Å². The zero-order chi connectivity index (χ0) is 20.5. The number of rotatable bonds is 7. The van der Waals surface area contributed by atoms with Crippen LogP contribution in [-0.2, 0) is 0 Å². The molecule has 0 radical (unpaired) electrons. The highest BCUT2D eigenvalue weighted by Crippen LogP contribution is 2.18. The molecule has 0 aliphatic rings. The van der Waals surface area contributed by atoms with Gasteiger partial charge in [-0.25, -0.2) is 0 Å². The molecule has 2 amide bonds. The standard InChI is InChI=1S/C21H25N3O3S/c1-4-24(5-2)20(26)15-10-9-11-16(14-15)22-21(28)23-19(25)17-12-7-8-13-18(17)27-6-3/h7-14H,4-6H2,1-3H3,(H2,22,23,25,28). The third-order valence-electron chi connectivity index (χ3n) is 4.08. The number of nitrogens with one attached hydrogen (secondary N) is 2. The summed E-state index contributed by atoms with van der Waals surface area (Å²) < 4.78 is 5.48. The molecule has 0 aliphatic heterocycles. The molecule has 0 aliphatic carbocycles. The van der Waals surface area contributed by atoms with E-state index in [1.807, 2.05) is 20.8 Å². The van der Waals surface area contributed by atoms with Gasteiger partial charge in [0.25, 0.3) is 11.8 Å². The van der Waals surface area contributed by atoms with E-state index in [1.54, 1.807) is 53.4 Å². The number of nitrogens with zero attached hydrogens (tertiary/aromatic N) is 1. The smallest absolute Gasteiger partial charge is 0.261 e. The Bertz CT molecular complexity index is 850. The summed E-state index contributed by atoms with van der Waals surface area (Å²) in [5.74, 6) is 0.0864. The molecule has 148 valence electrons. The van der Waals surface area contributed by atoms with Crippen LogP contribution in [0, 0.1) is 0 Å². The molecule has 0 fully saturated rings. The van der Waals surface area contributed by atoms with Crippen LogP contribution in [0.2, 0.25) is 0 Å². The minimum Gasteiger partial charge on any atom is -0.493 e. The number of anilines is 1. The Labute approximate surface area is 170 Å². The minimum atomic E-state index is -0.364. The maximum Gasteiger partial charge on any atom is 0.261 e. The predicted molar refractivity (Wildman–Crippen MR) is 115 cm³/mol. The fourth-order valence-corrected chi connectivity index (χ4v) is 2.90. The highest BCUT2D eigenvalue weighted by Gasteiger charge is 2.15. The van der Waals surface area contributed by atoms with Gasteiger partial charge in [0.15, 0.2) is 5.11 Å². The number of amides is 2. The summed E-state index contributed by atoms with van der Waals surface area (Å²) in [7, 11) is 0. The molecular formula is C21H25N3O3S. The van der Waals surface area contributed by atoms with Gasteiger partial charge in [-0.05, 0) is 63.3 Å². The fraction of sp³-hybridized carbons (Fsp3) is 0.286. The molecule has 0 aromatic heterocycles. The van der Waals surface area contributed by atoms with E-state index in [0.29, 0.717) is 42.3 Å². The molecule has 0 heterocycles. The molecule has 0 spiro atoms. The van der Waals surface area contributed by atoms with Gasteiger partial charge in [0.2, 0.25) is 0 Å². The van der Waals surface area contributed by atoms with Gasteiger partial charge in [-0.1, -0.05) is 18.2 Å². The Morgan fingerprint density at radius 3 is 2.43 bits per heavy atom. The average molecular weight is 400 g/mol. The first-order valence-electron chi connectivity index (χ1n) is 9.23. The van der Waals surface area contributed by atoms with Crippen LogP contribution in [0.5, 0.6) is 5.75 Å².